The minimum Gasteiger partial charge on any atom is -0.494 e. The van der Waals surface area contributed by atoms with Gasteiger partial charge in [-0.2, -0.15) is 0 Å². The number of aliphatic hydroxyl groups is 1. The zero-order chi connectivity index (χ0) is 25.0. The van der Waals surface area contributed by atoms with E-state index >= 15 is 0 Å². The lowest BCUT2D eigenvalue weighted by Crippen LogP contribution is -2.39. The highest BCUT2D eigenvalue weighted by Gasteiger charge is 2.24. The Kier molecular flexibility index (Phi) is 7.73. The van der Waals surface area contributed by atoms with Crippen LogP contribution in [0.15, 0.2) is 18.5 Å². The number of nitrogens with zero attached hydrogens (tertiary/aromatic N) is 2. The van der Waals surface area contributed by atoms with E-state index in [4.69, 9.17) is 21.0 Å². The Morgan fingerprint density at radius 1 is 1.38 bits per heavy atom. The highest BCUT2D eigenvalue weighted by molar-refractivity contribution is 7.19. The first-order valence-electron chi connectivity index (χ1n) is 11.0. The molecular formula is C24H32N6O3S. The third-order valence-corrected chi connectivity index (χ3v) is 6.85. The van der Waals surface area contributed by atoms with Crippen molar-refractivity contribution in [1.29, 1.82) is 5.41 Å². The lowest BCUT2D eigenvalue weighted by molar-refractivity contribution is -0.135. The van der Waals surface area contributed by atoms with Crippen LogP contribution in [-0.2, 0) is 17.6 Å². The molecule has 182 valence electrons. The van der Waals surface area contributed by atoms with Gasteiger partial charge in [0.2, 0.25) is 0 Å². The van der Waals surface area contributed by atoms with Crippen LogP contribution in [0.25, 0.3) is 10.2 Å². The van der Waals surface area contributed by atoms with Gasteiger partial charge in [-0.1, -0.05) is 6.92 Å². The molecule has 1 aromatic carbocycles. The molecule has 0 saturated heterocycles. The normalized spacial score (nSPS) is 15.1. The van der Waals surface area contributed by atoms with Crippen LogP contribution in [0.4, 0.5) is 17.2 Å². The summed E-state index contributed by atoms with van der Waals surface area (Å²) in [6.07, 6.45) is 6.19. The highest BCUT2D eigenvalue weighted by atomic mass is 32.1. The van der Waals surface area contributed by atoms with Crippen molar-refractivity contribution in [3.05, 3.63) is 34.5 Å². The molecule has 34 heavy (non-hydrogen) atoms. The molecule has 10 heteroatoms. The molecule has 0 aliphatic heterocycles. The molecule has 1 atom stereocenters. The van der Waals surface area contributed by atoms with Gasteiger partial charge in [0.05, 0.1) is 18.2 Å². The number of rotatable bonds is 5. The number of likely N-dealkylation sites (N-methyl/N-ethyl adjacent to an activating group) is 1. The average molecular weight is 485 g/mol. The standard InChI is InChI=1S/C19H21N5OS.C5H11NO2/c1-10-3-4-12-16(5-10)26-19-17(12)18(22-9-23-19)24-14-6-11(8-20)13(21)7-15(14)25-2;1-5(2,8)4(7)6-3/h6-10,20H,3-5,21H2,1-2H3,(H,22,23,24);8H,1-3H3,(H,6,7). The molecule has 0 bridgehead atoms. The van der Waals surface area contributed by atoms with Gasteiger partial charge in [-0.05, 0) is 50.7 Å². The summed E-state index contributed by atoms with van der Waals surface area (Å²) >= 11 is 1.77. The number of anilines is 3. The van der Waals surface area contributed by atoms with Crippen LogP contribution in [-0.4, -0.2) is 47.0 Å². The monoisotopic (exact) mass is 484 g/mol. The average Bonchev–Trinajstić information content (AvgIpc) is 3.17. The van der Waals surface area contributed by atoms with Gasteiger partial charge in [-0.25, -0.2) is 9.97 Å². The van der Waals surface area contributed by atoms with E-state index < -0.39 is 5.60 Å². The van der Waals surface area contributed by atoms with E-state index in [1.54, 1.807) is 30.8 Å². The molecule has 2 heterocycles. The number of hydrogen-bond donors (Lipinski definition) is 5. The van der Waals surface area contributed by atoms with Crippen molar-refractivity contribution in [2.75, 3.05) is 25.2 Å². The number of amides is 1. The third-order valence-electron chi connectivity index (χ3n) is 5.69. The number of carbonyl (C=O) groups excluding carboxylic acids is 1. The van der Waals surface area contributed by atoms with Gasteiger partial charge in [0.1, 0.15) is 28.3 Å². The lowest BCUT2D eigenvalue weighted by atomic mass is 9.89. The minimum absolute atomic E-state index is 0.363. The molecule has 4 rings (SSSR count). The van der Waals surface area contributed by atoms with E-state index in [-0.39, 0.29) is 5.91 Å². The highest BCUT2D eigenvalue weighted by Crippen LogP contribution is 2.41. The van der Waals surface area contributed by atoms with Crippen LogP contribution >= 0.6 is 11.3 Å². The van der Waals surface area contributed by atoms with Crippen molar-refractivity contribution in [1.82, 2.24) is 15.3 Å². The Balaban J connectivity index is 0.000000350. The van der Waals surface area contributed by atoms with Crippen LogP contribution in [0.1, 0.15) is 43.2 Å². The van der Waals surface area contributed by atoms with Gasteiger partial charge in [0.25, 0.3) is 5.91 Å². The molecule has 1 unspecified atom stereocenters. The number of benzene rings is 1. The number of aromatic nitrogens is 2. The number of fused-ring (bicyclic) bond motifs is 3. The fraction of sp³-hybridized carbons (Fsp3) is 0.417. The summed E-state index contributed by atoms with van der Waals surface area (Å²) in [5.74, 6) is 1.75. The van der Waals surface area contributed by atoms with Crippen molar-refractivity contribution >= 4 is 50.9 Å². The summed E-state index contributed by atoms with van der Waals surface area (Å²) in [6.45, 7) is 5.17. The van der Waals surface area contributed by atoms with Crippen molar-refractivity contribution < 1.29 is 14.6 Å². The molecular weight excluding hydrogens is 452 g/mol. The number of carbonyl (C=O) groups is 1. The topological polar surface area (TPSA) is 146 Å². The molecule has 0 radical (unpaired) electrons. The third kappa shape index (κ3) is 5.45. The zero-order valence-electron chi connectivity index (χ0n) is 20.2. The van der Waals surface area contributed by atoms with Gasteiger partial charge in [-0.15, -0.1) is 11.3 Å². The number of nitrogens with two attached hydrogens (primary N) is 1. The Morgan fingerprint density at radius 2 is 2.12 bits per heavy atom. The van der Waals surface area contributed by atoms with E-state index in [0.717, 1.165) is 34.6 Å². The van der Waals surface area contributed by atoms with Crippen molar-refractivity contribution in [2.45, 2.75) is 45.6 Å². The molecule has 1 aliphatic carbocycles. The Bertz CT molecular complexity index is 1200. The first kappa shape index (κ1) is 25.4. The Hall–Kier alpha value is -3.24. The molecule has 0 saturated carbocycles. The molecule has 1 aliphatic rings. The van der Waals surface area contributed by atoms with Crippen LogP contribution in [0.2, 0.25) is 0 Å². The number of thiophene rings is 1. The SMILES string of the molecule is CNC(=O)C(C)(C)O.COc1cc(N)c(C=N)cc1Nc1ncnc2sc3c(c12)CCC(C)C3. The van der Waals surface area contributed by atoms with Gasteiger partial charge in [0, 0.05) is 35.5 Å². The number of nitrogen functional groups attached to an aromatic ring is 1. The number of hydrogen-bond acceptors (Lipinski definition) is 9. The predicted octanol–water partition coefficient (Wildman–Crippen LogP) is 3.65. The van der Waals surface area contributed by atoms with Gasteiger partial charge >= 0.3 is 0 Å². The van der Waals surface area contributed by atoms with E-state index in [1.807, 2.05) is 6.07 Å². The van der Waals surface area contributed by atoms with Crippen LogP contribution in [0.5, 0.6) is 5.75 Å². The second kappa shape index (κ2) is 10.4. The van der Waals surface area contributed by atoms with Gasteiger partial charge in [-0.3, -0.25) is 4.79 Å². The minimum atomic E-state index is -1.24. The molecule has 0 fully saturated rings. The number of methoxy groups -OCH3 is 1. The lowest BCUT2D eigenvalue weighted by Gasteiger charge is -2.18. The van der Waals surface area contributed by atoms with Crippen molar-refractivity contribution in [3.8, 4) is 5.75 Å². The Morgan fingerprint density at radius 3 is 2.71 bits per heavy atom. The summed E-state index contributed by atoms with van der Waals surface area (Å²) < 4.78 is 5.46. The molecule has 9 nitrogen and oxygen atoms in total. The van der Waals surface area contributed by atoms with Crippen LogP contribution in [0, 0.1) is 11.3 Å². The zero-order valence-corrected chi connectivity index (χ0v) is 21.0. The summed E-state index contributed by atoms with van der Waals surface area (Å²) in [7, 11) is 3.09. The van der Waals surface area contributed by atoms with E-state index in [1.165, 1.54) is 44.0 Å². The summed E-state index contributed by atoms with van der Waals surface area (Å²) in [6, 6.07) is 3.54. The quantitative estimate of drug-likeness (QED) is 0.274. The second-order valence-electron chi connectivity index (χ2n) is 8.84. The number of aryl methyl sites for hydroxylation is 1. The molecule has 6 N–H and O–H groups in total. The summed E-state index contributed by atoms with van der Waals surface area (Å²) in [4.78, 5) is 21.9. The fourth-order valence-electron chi connectivity index (χ4n) is 3.81. The largest absolute Gasteiger partial charge is 0.494 e. The summed E-state index contributed by atoms with van der Waals surface area (Å²) in [5.41, 5.74) is 7.98. The van der Waals surface area contributed by atoms with E-state index in [9.17, 15) is 4.79 Å². The first-order chi connectivity index (χ1) is 16.1. The van der Waals surface area contributed by atoms with Crippen molar-refractivity contribution in [2.24, 2.45) is 5.92 Å². The van der Waals surface area contributed by atoms with Gasteiger partial charge < -0.3 is 31.6 Å². The molecule has 2 aromatic heterocycles. The smallest absolute Gasteiger partial charge is 0.251 e. The maximum atomic E-state index is 10.5. The first-order valence-corrected chi connectivity index (χ1v) is 11.9. The number of ether oxygens (including phenoxy) is 1. The fourth-order valence-corrected chi connectivity index (χ4v) is 5.16. The Labute approximate surface area is 203 Å². The van der Waals surface area contributed by atoms with Gasteiger partial charge in [0.15, 0.2) is 0 Å². The predicted molar refractivity (Wildman–Crippen MR) is 138 cm³/mol. The maximum absolute atomic E-state index is 10.5. The molecule has 3 aromatic rings. The molecule has 0 spiro atoms. The van der Waals surface area contributed by atoms with Crippen LogP contribution < -0.4 is 21.1 Å². The van der Waals surface area contributed by atoms with Crippen molar-refractivity contribution in [3.63, 3.8) is 0 Å². The second-order valence-corrected chi connectivity index (χ2v) is 9.93. The molecule has 1 amide bonds. The summed E-state index contributed by atoms with van der Waals surface area (Å²) in [5, 5.41) is 23.2. The van der Waals surface area contributed by atoms with E-state index in [2.05, 4.69) is 27.5 Å². The number of nitrogens with one attached hydrogen (secondary N) is 3. The maximum Gasteiger partial charge on any atom is 0.251 e. The van der Waals surface area contributed by atoms with Crippen LogP contribution in [0.3, 0.4) is 0 Å². The van der Waals surface area contributed by atoms with E-state index in [0.29, 0.717) is 22.9 Å².